The van der Waals surface area contributed by atoms with E-state index in [0.29, 0.717) is 29.9 Å². The molecule has 2 amide bonds. The van der Waals surface area contributed by atoms with Crippen molar-refractivity contribution in [3.63, 3.8) is 0 Å². The number of alkyl carbamates (subject to hydrolysis) is 1. The summed E-state index contributed by atoms with van der Waals surface area (Å²) in [5.74, 6) is -1.96. The van der Waals surface area contributed by atoms with Crippen molar-refractivity contribution in [2.75, 3.05) is 39.7 Å². The predicted octanol–water partition coefficient (Wildman–Crippen LogP) is 7.44. The molecule has 2 unspecified atom stereocenters. The molecule has 73 heavy (non-hydrogen) atoms. The Balaban J connectivity index is 1.21. The molecule has 3 N–H and O–H groups in total. The number of carbonyl (C=O) groups is 5. The number of hydrogen-bond donors (Lipinski definition) is 3. The first-order valence-corrected chi connectivity index (χ1v) is 27.0. The number of amides is 2. The van der Waals surface area contributed by atoms with Gasteiger partial charge in [-0.1, -0.05) is 85.7 Å². The number of pyridine rings is 1. The molecule has 1 saturated heterocycles. The highest BCUT2D eigenvalue weighted by atomic mass is 33.1. The zero-order valence-corrected chi connectivity index (χ0v) is 44.4. The number of ketones is 1. The summed E-state index contributed by atoms with van der Waals surface area (Å²) < 4.78 is 43.1. The predicted molar refractivity (Wildman–Crippen MR) is 270 cm³/mol. The van der Waals surface area contributed by atoms with Gasteiger partial charge in [-0.15, -0.1) is 0 Å². The van der Waals surface area contributed by atoms with Gasteiger partial charge in [-0.05, 0) is 92.8 Å². The second-order valence-corrected chi connectivity index (χ2v) is 23.3. The maximum Gasteiger partial charge on any atom is 0.410 e. The van der Waals surface area contributed by atoms with Crippen LogP contribution in [0.15, 0.2) is 101 Å². The van der Waals surface area contributed by atoms with E-state index in [9.17, 15) is 24.6 Å². The monoisotopic (exact) mass is 1050 g/mol. The third kappa shape index (κ3) is 8.93. The molecule has 0 radical (unpaired) electrons. The van der Waals surface area contributed by atoms with Gasteiger partial charge in [-0.2, -0.15) is 0 Å². The van der Waals surface area contributed by atoms with Gasteiger partial charge in [-0.25, -0.2) is 24.2 Å². The van der Waals surface area contributed by atoms with Crippen LogP contribution in [0, 0.1) is 16.2 Å². The lowest BCUT2D eigenvalue weighted by Gasteiger charge is -2.86. The van der Waals surface area contributed by atoms with Gasteiger partial charge in [0.15, 0.2) is 5.78 Å². The number of unbranched alkanes of at least 4 members (excludes halogenated alkanes) is 1. The summed E-state index contributed by atoms with van der Waals surface area (Å²) in [4.78, 5) is 79.5. The number of aromatic nitrogens is 1. The zero-order valence-electron chi connectivity index (χ0n) is 42.8. The van der Waals surface area contributed by atoms with E-state index < -0.39 is 112 Å². The van der Waals surface area contributed by atoms with Crippen LogP contribution >= 0.6 is 21.6 Å². The van der Waals surface area contributed by atoms with E-state index in [1.54, 1.807) is 108 Å². The molecule has 394 valence electrons. The Labute approximate surface area is 434 Å². The first-order valence-electron chi connectivity index (χ1n) is 24.7. The van der Waals surface area contributed by atoms with Gasteiger partial charge in [0, 0.05) is 57.5 Å². The van der Waals surface area contributed by atoms with E-state index in [0.717, 1.165) is 11.4 Å². The lowest BCUT2D eigenvalue weighted by Crippen LogP contribution is -2.99. The zero-order chi connectivity index (χ0) is 52.7. The van der Waals surface area contributed by atoms with Crippen LogP contribution in [0.2, 0.25) is 0 Å². The minimum atomic E-state index is -2.16. The number of nitrogens with zero attached hydrogens (tertiary/aromatic N) is 2. The second kappa shape index (κ2) is 20.9. The molecule has 1 aliphatic heterocycles. The molecule has 1 aromatic heterocycles. The van der Waals surface area contributed by atoms with E-state index in [2.05, 4.69) is 10.3 Å². The molecule has 3 saturated carbocycles. The van der Waals surface area contributed by atoms with Crippen molar-refractivity contribution in [1.82, 2.24) is 15.2 Å². The molecule has 1 spiro atoms. The number of hydrogen-bond acceptors (Lipinski definition) is 17. The SMILES string of the molecule is CCCCN(CCSSc1ccccn1)C(=O)O[C@@H](C(=O)O[C@H]1C[C@@]2(O)[C@@H](OC(=O)c3ccccc3)C34C2(C)C(=C1C)[C@@H](OC)C(=O)[C@]3(C)[C@@H](OC)C[C@H]1OC[C@]14O)[C@@H](NC(=O)OC(C)(C)C)c1ccccc1. The fourth-order valence-corrected chi connectivity index (χ4v) is 14.6. The number of carbonyl (C=O) groups excluding carboxylic acids is 5. The normalized spacial score (nSPS) is 31.7. The van der Waals surface area contributed by atoms with E-state index >= 15 is 9.59 Å². The van der Waals surface area contributed by atoms with Crippen LogP contribution in [0.25, 0.3) is 0 Å². The molecule has 2 heterocycles. The van der Waals surface area contributed by atoms with Crippen LogP contribution in [-0.2, 0) is 42.7 Å². The van der Waals surface area contributed by atoms with Crippen LogP contribution in [0.3, 0.4) is 0 Å². The average Bonchev–Trinajstić information content (AvgIpc) is 3.36. The number of rotatable bonds is 18. The first-order chi connectivity index (χ1) is 34.7. The first kappa shape index (κ1) is 54.2. The molecule has 12 atom stereocenters. The van der Waals surface area contributed by atoms with Crippen molar-refractivity contribution < 1.29 is 67.3 Å². The molecule has 17 nitrogen and oxygen atoms in total. The smallest absolute Gasteiger partial charge is 0.410 e. The van der Waals surface area contributed by atoms with Crippen LogP contribution in [0.1, 0.15) is 96.1 Å². The molecule has 3 aromatic rings. The lowest BCUT2D eigenvalue weighted by molar-refractivity contribution is -0.474. The molecule has 19 heteroatoms. The minimum absolute atomic E-state index is 0.123. The summed E-state index contributed by atoms with van der Waals surface area (Å²) >= 11 is 0. The average molecular weight is 1050 g/mol. The Bertz CT molecular complexity index is 2570. The third-order valence-corrected chi connectivity index (χ3v) is 18.2. The third-order valence-electron chi connectivity index (χ3n) is 15.9. The summed E-state index contributed by atoms with van der Waals surface area (Å²) in [6.07, 6.45) is -6.97. The summed E-state index contributed by atoms with van der Waals surface area (Å²) in [7, 11) is 5.77. The van der Waals surface area contributed by atoms with E-state index in [-0.39, 0.29) is 30.7 Å². The number of ether oxygens (including phenoxy) is 7. The number of methoxy groups -OCH3 is 2. The van der Waals surface area contributed by atoms with Gasteiger partial charge >= 0.3 is 24.1 Å². The molecule has 8 rings (SSSR count). The van der Waals surface area contributed by atoms with Gasteiger partial charge < -0.3 is 53.6 Å². The van der Waals surface area contributed by atoms with Crippen LogP contribution in [-0.4, -0.2) is 143 Å². The number of aliphatic hydroxyl groups is 2. The van der Waals surface area contributed by atoms with Crippen molar-refractivity contribution in [3.05, 3.63) is 107 Å². The Morgan fingerprint density at radius 1 is 0.932 bits per heavy atom. The number of esters is 2. The molecule has 2 aromatic carbocycles. The quantitative estimate of drug-likeness (QED) is 0.0371. The van der Waals surface area contributed by atoms with E-state index in [1.165, 1.54) is 40.7 Å². The van der Waals surface area contributed by atoms with Gasteiger partial charge in [0.25, 0.3) is 0 Å². The highest BCUT2D eigenvalue weighted by Crippen LogP contribution is 2.85. The van der Waals surface area contributed by atoms with E-state index in [4.69, 9.17) is 33.2 Å². The summed E-state index contributed by atoms with van der Waals surface area (Å²) in [5, 5.41) is 30.4. The maximum atomic E-state index is 15.5. The highest BCUT2D eigenvalue weighted by molar-refractivity contribution is 8.76. The van der Waals surface area contributed by atoms with Crippen LogP contribution in [0.4, 0.5) is 9.59 Å². The summed E-state index contributed by atoms with van der Waals surface area (Å²) in [6.45, 7) is 12.4. The fourth-order valence-electron chi connectivity index (χ4n) is 12.7. The Morgan fingerprint density at radius 2 is 1.62 bits per heavy atom. The largest absolute Gasteiger partial charge is 0.455 e. The van der Waals surface area contributed by atoms with Gasteiger partial charge in [-0.3, -0.25) is 4.79 Å². The van der Waals surface area contributed by atoms with Crippen molar-refractivity contribution in [2.24, 2.45) is 16.2 Å². The van der Waals surface area contributed by atoms with Crippen LogP contribution in [0.5, 0.6) is 0 Å². The number of nitrogens with one attached hydrogen (secondary N) is 1. The van der Waals surface area contributed by atoms with Crippen molar-refractivity contribution in [3.8, 4) is 0 Å². The number of benzene rings is 2. The molecular formula is C54H67N3O14S2. The Hall–Kier alpha value is -5.02. The second-order valence-electron chi connectivity index (χ2n) is 20.9. The molecule has 5 aliphatic rings. The summed E-state index contributed by atoms with van der Waals surface area (Å²) in [6, 6.07) is 20.8. The van der Waals surface area contributed by atoms with Gasteiger partial charge in [0.2, 0.25) is 6.10 Å². The van der Waals surface area contributed by atoms with Crippen molar-refractivity contribution >= 4 is 51.5 Å². The van der Waals surface area contributed by atoms with Crippen molar-refractivity contribution in [2.45, 2.75) is 139 Å². The molecule has 4 aliphatic carbocycles. The minimum Gasteiger partial charge on any atom is -0.455 e. The topological polar surface area (TPSA) is 219 Å². The van der Waals surface area contributed by atoms with Crippen LogP contribution < -0.4 is 5.32 Å². The van der Waals surface area contributed by atoms with Gasteiger partial charge in [0.05, 0.1) is 35.2 Å². The fraction of sp³-hybridized carbons (Fsp3) is 0.556. The molecular weight excluding hydrogens is 979 g/mol. The summed E-state index contributed by atoms with van der Waals surface area (Å²) in [5.41, 5.74) is -8.92. The highest BCUT2D eigenvalue weighted by Gasteiger charge is 2.98. The van der Waals surface area contributed by atoms with Crippen molar-refractivity contribution in [1.29, 1.82) is 0 Å². The lowest BCUT2D eigenvalue weighted by atomic mass is 9.20. The number of fused-ring (bicyclic) bond motifs is 1. The van der Waals surface area contributed by atoms with Gasteiger partial charge in [0.1, 0.15) is 46.2 Å². The van der Waals surface area contributed by atoms with E-state index in [1.807, 2.05) is 25.1 Å². The maximum absolute atomic E-state index is 15.5. The standard InChI is InChI=1S/C54H67N3O14S2/c1-10-11-26-57(27-28-72-73-38-24-18-19-25-55-38)48(62)69-42(40(33-20-14-12-15-21-33)56-47(61)71-49(3,4)5)45(60)68-35-30-52(63)46(70-44(59)34-22-16-13-17-23-34)54-50(6,36(65-8)29-37-53(54,64)31-67-37)43(58)41(66-9)39(32(35)2)51(52,54)7/h12-25,35-37,40-42,46,63-64H,10-11,26-31H2,1-9H3,(H,56,61)/t35-,36-,37+,40-,41+,42+,46+,50-,51?,52+,53-,54?/m0/s1. The Morgan fingerprint density at radius 3 is 2.22 bits per heavy atom. The molecule has 4 fully saturated rings. The molecule has 0 bridgehead atoms. The Kier molecular flexibility index (Phi) is 15.6. The number of Topliss-reactive ketones (excluding diaryl/α,β-unsaturated/α-hetero) is 1.